The number of anilines is 1. The smallest absolute Gasteiger partial charge is 0.0646 e. The van der Waals surface area contributed by atoms with Crippen molar-refractivity contribution in [2.45, 2.75) is 40.3 Å². The second kappa shape index (κ2) is 6.29. The van der Waals surface area contributed by atoms with Gasteiger partial charge in [-0.2, -0.15) is 5.10 Å². The Morgan fingerprint density at radius 1 is 1.35 bits per heavy atom. The summed E-state index contributed by atoms with van der Waals surface area (Å²) in [7, 11) is 0. The van der Waals surface area contributed by atoms with Crippen molar-refractivity contribution in [2.75, 3.05) is 5.32 Å². The second-order valence-electron chi connectivity index (χ2n) is 4.95. The first-order chi connectivity index (χ1) is 9.65. The number of hydrogen-bond donors (Lipinski definition) is 1. The highest BCUT2D eigenvalue weighted by Gasteiger charge is 2.10. The van der Waals surface area contributed by atoms with Crippen LogP contribution in [0.3, 0.4) is 0 Å². The van der Waals surface area contributed by atoms with Crippen LogP contribution in [0.1, 0.15) is 35.9 Å². The molecule has 0 aliphatic carbocycles. The van der Waals surface area contributed by atoms with Gasteiger partial charge in [0.05, 0.1) is 5.69 Å². The fourth-order valence-electron chi connectivity index (χ4n) is 2.33. The molecular weight excluding hydrogens is 246 g/mol. The number of terminal acetylenes is 1. The molecule has 3 heteroatoms. The molecule has 0 aliphatic rings. The molecule has 3 nitrogen and oxygen atoms in total. The molecule has 20 heavy (non-hydrogen) atoms. The maximum atomic E-state index is 5.42. The third kappa shape index (κ3) is 3.03. The number of rotatable bonds is 5. The van der Waals surface area contributed by atoms with Crippen molar-refractivity contribution < 1.29 is 0 Å². The fourth-order valence-corrected chi connectivity index (χ4v) is 2.33. The van der Waals surface area contributed by atoms with E-state index in [0.29, 0.717) is 0 Å². The highest BCUT2D eigenvalue weighted by atomic mass is 15.3. The summed E-state index contributed by atoms with van der Waals surface area (Å²) in [6.45, 7) is 8.10. The molecule has 2 rings (SSSR count). The highest BCUT2D eigenvalue weighted by molar-refractivity contribution is 5.50. The van der Waals surface area contributed by atoms with Crippen molar-refractivity contribution >= 4 is 5.69 Å². The van der Waals surface area contributed by atoms with E-state index in [0.717, 1.165) is 36.5 Å². The van der Waals surface area contributed by atoms with Gasteiger partial charge in [0.1, 0.15) is 0 Å². The van der Waals surface area contributed by atoms with Gasteiger partial charge in [-0.05, 0) is 38.5 Å². The average molecular weight is 267 g/mol. The normalized spacial score (nSPS) is 10.3. The predicted molar refractivity (Wildman–Crippen MR) is 83.7 cm³/mol. The molecule has 0 amide bonds. The molecule has 0 spiro atoms. The van der Waals surface area contributed by atoms with Crippen LogP contribution in [-0.4, -0.2) is 9.78 Å². The number of benzene rings is 1. The van der Waals surface area contributed by atoms with Crippen LogP contribution in [0.15, 0.2) is 24.3 Å². The average Bonchev–Trinajstić information content (AvgIpc) is 2.72. The van der Waals surface area contributed by atoms with Gasteiger partial charge in [-0.3, -0.25) is 4.68 Å². The Morgan fingerprint density at radius 3 is 2.85 bits per heavy atom. The van der Waals surface area contributed by atoms with E-state index >= 15 is 0 Å². The van der Waals surface area contributed by atoms with Gasteiger partial charge in [-0.1, -0.05) is 18.9 Å². The number of aromatic nitrogens is 2. The van der Waals surface area contributed by atoms with Crippen LogP contribution in [0.25, 0.3) is 0 Å². The van der Waals surface area contributed by atoms with Crippen LogP contribution in [0.2, 0.25) is 0 Å². The van der Waals surface area contributed by atoms with E-state index in [-0.39, 0.29) is 0 Å². The molecule has 1 heterocycles. The fraction of sp³-hybridized carbons (Fsp3) is 0.353. The van der Waals surface area contributed by atoms with E-state index < -0.39 is 0 Å². The second-order valence-corrected chi connectivity index (χ2v) is 4.95. The molecule has 0 radical (unpaired) electrons. The van der Waals surface area contributed by atoms with Crippen molar-refractivity contribution in [1.82, 2.24) is 9.78 Å². The molecular formula is C17H21N3. The minimum absolute atomic E-state index is 0.773. The van der Waals surface area contributed by atoms with Crippen molar-refractivity contribution in [3.05, 3.63) is 46.8 Å². The van der Waals surface area contributed by atoms with E-state index in [9.17, 15) is 0 Å². The Balaban J connectivity index is 2.13. The Morgan fingerprint density at radius 2 is 2.15 bits per heavy atom. The first kappa shape index (κ1) is 14.2. The summed E-state index contributed by atoms with van der Waals surface area (Å²) >= 11 is 0. The summed E-state index contributed by atoms with van der Waals surface area (Å²) < 4.78 is 2.09. The van der Waals surface area contributed by atoms with Crippen LogP contribution < -0.4 is 5.32 Å². The van der Waals surface area contributed by atoms with Gasteiger partial charge in [-0.25, -0.2) is 0 Å². The molecule has 2 aromatic rings. The summed E-state index contributed by atoms with van der Waals surface area (Å²) in [6, 6.07) is 7.92. The van der Waals surface area contributed by atoms with E-state index in [1.54, 1.807) is 0 Å². The molecule has 0 saturated heterocycles. The molecule has 0 fully saturated rings. The molecule has 0 aliphatic heterocycles. The number of aryl methyl sites for hydroxylation is 2. The monoisotopic (exact) mass is 267 g/mol. The molecule has 1 aromatic heterocycles. The minimum Gasteiger partial charge on any atom is -0.381 e. The van der Waals surface area contributed by atoms with Gasteiger partial charge in [0.2, 0.25) is 0 Å². The van der Waals surface area contributed by atoms with Gasteiger partial charge >= 0.3 is 0 Å². The third-order valence-corrected chi connectivity index (χ3v) is 3.47. The van der Waals surface area contributed by atoms with Crippen molar-refractivity contribution in [3.63, 3.8) is 0 Å². The zero-order valence-corrected chi connectivity index (χ0v) is 12.4. The van der Waals surface area contributed by atoms with E-state index in [4.69, 9.17) is 6.42 Å². The van der Waals surface area contributed by atoms with E-state index in [1.807, 2.05) is 24.3 Å². The summed E-state index contributed by atoms with van der Waals surface area (Å²) in [4.78, 5) is 0. The van der Waals surface area contributed by atoms with Crippen LogP contribution in [0.4, 0.5) is 5.69 Å². The van der Waals surface area contributed by atoms with Gasteiger partial charge in [-0.15, -0.1) is 6.42 Å². The van der Waals surface area contributed by atoms with E-state index in [2.05, 4.69) is 41.8 Å². The zero-order chi connectivity index (χ0) is 14.5. The van der Waals surface area contributed by atoms with Crippen molar-refractivity contribution in [1.29, 1.82) is 0 Å². The standard InChI is InChI=1S/C17H21N3/c1-5-10-20-14(4)17(13(3)19-20)12-18-16-9-7-8-15(6-2)11-16/h2,7-9,11,18H,5,10,12H2,1,3-4H3. The van der Waals surface area contributed by atoms with Gasteiger partial charge in [0, 0.05) is 35.6 Å². The van der Waals surface area contributed by atoms with Crippen LogP contribution in [0.5, 0.6) is 0 Å². The van der Waals surface area contributed by atoms with Crippen LogP contribution in [0, 0.1) is 26.2 Å². The highest BCUT2D eigenvalue weighted by Crippen LogP contribution is 2.17. The summed E-state index contributed by atoms with van der Waals surface area (Å²) in [5.41, 5.74) is 5.54. The molecule has 0 bridgehead atoms. The lowest BCUT2D eigenvalue weighted by Crippen LogP contribution is -2.04. The first-order valence-corrected chi connectivity index (χ1v) is 6.99. The maximum Gasteiger partial charge on any atom is 0.0646 e. The van der Waals surface area contributed by atoms with E-state index in [1.165, 1.54) is 11.3 Å². The Kier molecular flexibility index (Phi) is 4.47. The van der Waals surface area contributed by atoms with Gasteiger partial charge in [0.25, 0.3) is 0 Å². The number of nitrogens with one attached hydrogen (secondary N) is 1. The molecule has 0 saturated carbocycles. The van der Waals surface area contributed by atoms with Crippen LogP contribution in [-0.2, 0) is 13.1 Å². The van der Waals surface area contributed by atoms with Crippen molar-refractivity contribution in [3.8, 4) is 12.3 Å². The topological polar surface area (TPSA) is 29.9 Å². The Labute approximate surface area is 121 Å². The number of hydrogen-bond acceptors (Lipinski definition) is 2. The van der Waals surface area contributed by atoms with Crippen molar-refractivity contribution in [2.24, 2.45) is 0 Å². The molecule has 1 aromatic carbocycles. The Bertz CT molecular complexity index is 632. The lowest BCUT2D eigenvalue weighted by Gasteiger charge is -2.08. The third-order valence-electron chi connectivity index (χ3n) is 3.47. The first-order valence-electron chi connectivity index (χ1n) is 6.99. The molecule has 0 atom stereocenters. The molecule has 1 N–H and O–H groups in total. The van der Waals surface area contributed by atoms with Gasteiger partial charge < -0.3 is 5.32 Å². The lowest BCUT2D eigenvalue weighted by atomic mass is 10.1. The Hall–Kier alpha value is -2.21. The maximum absolute atomic E-state index is 5.42. The molecule has 104 valence electrons. The predicted octanol–water partition coefficient (Wildman–Crippen LogP) is 3.50. The largest absolute Gasteiger partial charge is 0.381 e. The minimum atomic E-state index is 0.773. The van der Waals surface area contributed by atoms with Crippen LogP contribution >= 0.6 is 0 Å². The summed E-state index contributed by atoms with van der Waals surface area (Å²) in [6.07, 6.45) is 6.52. The number of nitrogens with zero attached hydrogens (tertiary/aromatic N) is 2. The quantitative estimate of drug-likeness (QED) is 0.840. The van der Waals surface area contributed by atoms with Gasteiger partial charge in [0.15, 0.2) is 0 Å². The molecule has 0 unspecified atom stereocenters. The SMILES string of the molecule is C#Cc1cccc(NCc2c(C)nn(CCC)c2C)c1. The summed E-state index contributed by atoms with van der Waals surface area (Å²) in [5, 5.41) is 8.01. The summed E-state index contributed by atoms with van der Waals surface area (Å²) in [5.74, 6) is 2.65. The lowest BCUT2D eigenvalue weighted by molar-refractivity contribution is 0.582. The zero-order valence-electron chi connectivity index (χ0n) is 12.4.